The smallest absolute Gasteiger partial charge is 0.331 e. The van der Waals surface area contributed by atoms with Gasteiger partial charge < -0.3 is 24.8 Å². The number of carboxylic acids is 1. The third-order valence-corrected chi connectivity index (χ3v) is 9.12. The van der Waals surface area contributed by atoms with E-state index in [4.69, 9.17) is 19.6 Å². The van der Waals surface area contributed by atoms with E-state index >= 15 is 0 Å². The second-order valence-corrected chi connectivity index (χ2v) is 12.6. The number of pyridine rings is 1. The number of halogens is 1. The van der Waals surface area contributed by atoms with Crippen LogP contribution in [0.25, 0.3) is 28.3 Å². The van der Waals surface area contributed by atoms with Gasteiger partial charge in [0, 0.05) is 43.0 Å². The van der Waals surface area contributed by atoms with Gasteiger partial charge >= 0.3 is 5.97 Å². The molecule has 4 aromatic carbocycles. The van der Waals surface area contributed by atoms with Gasteiger partial charge in [-0.3, -0.25) is 0 Å². The van der Waals surface area contributed by atoms with Gasteiger partial charge in [0.15, 0.2) is 11.5 Å². The summed E-state index contributed by atoms with van der Waals surface area (Å²) in [6.45, 7) is 4.26. The lowest BCUT2D eigenvalue weighted by molar-refractivity contribution is -0.132. The van der Waals surface area contributed by atoms with Crippen molar-refractivity contribution in [1.82, 2.24) is 10.3 Å². The molecule has 1 aromatic heterocycles. The van der Waals surface area contributed by atoms with Gasteiger partial charge in [0.2, 0.25) is 0 Å². The number of benzene rings is 4. The normalized spacial score (nSPS) is 13.5. The summed E-state index contributed by atoms with van der Waals surface area (Å²) >= 11 is 0. The first-order valence-electron chi connectivity index (χ1n) is 16.9. The monoisotopic (exact) mass is 682 g/mol. The Hall–Kier alpha value is -5.98. The number of hydrogen-bond acceptors (Lipinski definition) is 7. The molecular formula is C42H39FN4O4. The maximum absolute atomic E-state index is 15.0. The topological polar surface area (TPSA) is 108 Å². The van der Waals surface area contributed by atoms with Crippen molar-refractivity contribution in [1.29, 1.82) is 5.26 Å². The van der Waals surface area contributed by atoms with Gasteiger partial charge in [-0.25, -0.2) is 14.2 Å². The van der Waals surface area contributed by atoms with Crippen molar-refractivity contribution in [2.45, 2.75) is 39.0 Å². The van der Waals surface area contributed by atoms with Gasteiger partial charge in [-0.05, 0) is 89.6 Å². The quantitative estimate of drug-likeness (QED) is 0.127. The molecule has 0 amide bonds. The number of piperidine rings is 1. The molecule has 0 spiro atoms. The molecule has 0 radical (unpaired) electrons. The first-order valence-corrected chi connectivity index (χ1v) is 16.9. The molecule has 9 heteroatoms. The zero-order valence-electron chi connectivity index (χ0n) is 28.6. The molecule has 2 N–H and O–H groups in total. The number of rotatable bonds is 12. The number of carboxylic acid groups (broad SMARTS) is 1. The molecule has 258 valence electrons. The lowest BCUT2D eigenvalue weighted by Crippen LogP contribution is -2.42. The molecule has 0 saturated carbocycles. The van der Waals surface area contributed by atoms with Crippen LogP contribution in [0.3, 0.4) is 0 Å². The number of nitriles is 1. The van der Waals surface area contributed by atoms with E-state index in [2.05, 4.69) is 10.2 Å². The van der Waals surface area contributed by atoms with Crippen molar-refractivity contribution in [3.8, 4) is 39.8 Å². The van der Waals surface area contributed by atoms with E-state index in [0.29, 0.717) is 41.8 Å². The number of methoxy groups -OCH3 is 1. The molecule has 0 atom stereocenters. The van der Waals surface area contributed by atoms with Gasteiger partial charge in [0.25, 0.3) is 0 Å². The second-order valence-electron chi connectivity index (χ2n) is 12.6. The Bertz CT molecular complexity index is 2070. The Morgan fingerprint density at radius 3 is 2.37 bits per heavy atom. The zero-order valence-corrected chi connectivity index (χ0v) is 28.6. The summed E-state index contributed by atoms with van der Waals surface area (Å²) in [5.41, 5.74) is 6.37. The Balaban J connectivity index is 1.20. The highest BCUT2D eigenvalue weighted by Crippen LogP contribution is 2.39. The van der Waals surface area contributed by atoms with Gasteiger partial charge in [0.1, 0.15) is 24.3 Å². The predicted octanol–water partition coefficient (Wildman–Crippen LogP) is 8.26. The molecule has 5 aromatic rings. The SMILES string of the molecule is COc1ccc(-c2cnc(N3CCC(NCc4ccc(/C=C(\C)C(=O)O)cc4)CC3)cc2-c2ccc(C#N)c(F)c2)cc1OCc1ccccc1. The van der Waals surface area contributed by atoms with E-state index in [-0.39, 0.29) is 5.56 Å². The summed E-state index contributed by atoms with van der Waals surface area (Å²) in [5, 5.41) is 22.2. The lowest BCUT2D eigenvalue weighted by atomic mass is 9.94. The Morgan fingerprint density at radius 1 is 0.961 bits per heavy atom. The molecule has 1 fully saturated rings. The lowest BCUT2D eigenvalue weighted by Gasteiger charge is -2.33. The third-order valence-electron chi connectivity index (χ3n) is 9.12. The van der Waals surface area contributed by atoms with Crippen molar-refractivity contribution in [2.24, 2.45) is 0 Å². The number of ether oxygens (including phenoxy) is 2. The third kappa shape index (κ3) is 8.61. The van der Waals surface area contributed by atoms with Crippen LogP contribution in [0.1, 0.15) is 42.0 Å². The van der Waals surface area contributed by atoms with Crippen LogP contribution in [0.4, 0.5) is 10.2 Å². The average molecular weight is 683 g/mol. The number of aliphatic carboxylic acids is 1. The summed E-state index contributed by atoms with van der Waals surface area (Å²) in [6, 6.07) is 32.4. The van der Waals surface area contributed by atoms with Crippen LogP contribution in [0.5, 0.6) is 11.5 Å². The van der Waals surface area contributed by atoms with E-state index in [1.807, 2.05) is 91.1 Å². The number of carbonyl (C=O) groups is 1. The molecule has 0 aliphatic carbocycles. The molecule has 2 heterocycles. The molecule has 6 rings (SSSR count). The molecule has 1 aliphatic rings. The van der Waals surface area contributed by atoms with Crippen LogP contribution in [0.15, 0.2) is 109 Å². The number of nitrogens with one attached hydrogen (secondary N) is 1. The average Bonchev–Trinajstić information content (AvgIpc) is 3.17. The Kier molecular flexibility index (Phi) is 11.0. The summed E-state index contributed by atoms with van der Waals surface area (Å²) in [6.07, 6.45) is 5.33. The molecule has 8 nitrogen and oxygen atoms in total. The van der Waals surface area contributed by atoms with Crippen LogP contribution in [0, 0.1) is 17.1 Å². The Morgan fingerprint density at radius 2 is 1.69 bits per heavy atom. The molecule has 1 saturated heterocycles. The van der Waals surface area contributed by atoms with E-state index in [0.717, 1.165) is 65.1 Å². The van der Waals surface area contributed by atoms with Crippen LogP contribution >= 0.6 is 0 Å². The summed E-state index contributed by atoms with van der Waals surface area (Å²) in [4.78, 5) is 18.3. The fourth-order valence-corrected chi connectivity index (χ4v) is 6.17. The largest absolute Gasteiger partial charge is 0.493 e. The maximum atomic E-state index is 15.0. The van der Waals surface area contributed by atoms with Gasteiger partial charge in [-0.1, -0.05) is 66.7 Å². The van der Waals surface area contributed by atoms with Gasteiger partial charge in [-0.15, -0.1) is 0 Å². The van der Waals surface area contributed by atoms with Gasteiger partial charge in [-0.2, -0.15) is 5.26 Å². The molecule has 0 bridgehead atoms. The van der Waals surface area contributed by atoms with Crippen molar-refractivity contribution >= 4 is 17.9 Å². The van der Waals surface area contributed by atoms with Crippen LogP contribution in [-0.2, 0) is 17.9 Å². The first kappa shape index (κ1) is 34.9. The summed E-state index contributed by atoms with van der Waals surface area (Å²) in [5.74, 6) is 0.478. The van der Waals surface area contributed by atoms with E-state index in [9.17, 15) is 14.4 Å². The van der Waals surface area contributed by atoms with E-state index in [1.165, 1.54) is 12.1 Å². The molecule has 51 heavy (non-hydrogen) atoms. The number of hydrogen-bond donors (Lipinski definition) is 2. The standard InChI is InChI=1S/C42H39FN4O4/c1-28(42(48)49)20-29-8-10-30(11-9-29)25-45-35-16-18-47(19-17-35)41-23-36(32-12-13-34(24-44)38(43)21-32)37(26-46-41)33-14-15-39(50-2)40(22-33)51-27-31-6-4-3-5-7-31/h3-15,20-23,26,35,45H,16-19,25,27H2,1-2H3,(H,48,49)/b28-20+. The van der Waals surface area contributed by atoms with Crippen molar-refractivity contribution in [3.05, 3.63) is 137 Å². The van der Waals surface area contributed by atoms with Crippen LogP contribution < -0.4 is 19.7 Å². The summed E-state index contributed by atoms with van der Waals surface area (Å²) < 4.78 is 26.8. The fraction of sp³-hybridized carbons (Fsp3) is 0.214. The van der Waals surface area contributed by atoms with E-state index in [1.54, 1.807) is 26.2 Å². The summed E-state index contributed by atoms with van der Waals surface area (Å²) in [7, 11) is 1.60. The van der Waals surface area contributed by atoms with Crippen molar-refractivity contribution in [2.75, 3.05) is 25.1 Å². The van der Waals surface area contributed by atoms with E-state index < -0.39 is 11.8 Å². The second kappa shape index (κ2) is 16.2. The van der Waals surface area contributed by atoms with Crippen molar-refractivity contribution < 1.29 is 23.8 Å². The minimum absolute atomic E-state index is 0.00809. The highest BCUT2D eigenvalue weighted by Gasteiger charge is 2.22. The first-order chi connectivity index (χ1) is 24.8. The minimum atomic E-state index is -0.923. The Labute approximate surface area is 297 Å². The number of nitrogens with zero attached hydrogens (tertiary/aromatic N) is 3. The molecule has 1 aliphatic heterocycles. The van der Waals surface area contributed by atoms with Gasteiger partial charge in [0.05, 0.1) is 12.7 Å². The number of anilines is 1. The van der Waals surface area contributed by atoms with Crippen molar-refractivity contribution in [3.63, 3.8) is 0 Å². The number of aromatic nitrogens is 1. The molecular weight excluding hydrogens is 643 g/mol. The van der Waals surface area contributed by atoms with Crippen LogP contribution in [0.2, 0.25) is 0 Å². The zero-order chi connectivity index (χ0) is 35.7. The predicted molar refractivity (Wildman–Crippen MR) is 197 cm³/mol. The highest BCUT2D eigenvalue weighted by molar-refractivity contribution is 5.91. The fourth-order valence-electron chi connectivity index (χ4n) is 6.17. The maximum Gasteiger partial charge on any atom is 0.331 e. The molecule has 0 unspecified atom stereocenters. The minimum Gasteiger partial charge on any atom is -0.493 e. The highest BCUT2D eigenvalue weighted by atomic mass is 19.1. The van der Waals surface area contributed by atoms with Crippen LogP contribution in [-0.4, -0.2) is 42.3 Å².